The first-order valence-electron chi connectivity index (χ1n) is 6.26. The van der Waals surface area contributed by atoms with E-state index < -0.39 is 0 Å². The number of nitrogens with zero attached hydrogens (tertiary/aromatic N) is 2. The number of hydrazone groups is 1. The van der Waals surface area contributed by atoms with Gasteiger partial charge in [0, 0.05) is 18.3 Å². The van der Waals surface area contributed by atoms with Crippen molar-refractivity contribution >= 4 is 17.0 Å². The molecule has 4 heteroatoms. The van der Waals surface area contributed by atoms with Crippen molar-refractivity contribution in [2.75, 3.05) is 14.2 Å². The number of rotatable bonds is 3. The van der Waals surface area contributed by atoms with Crippen molar-refractivity contribution in [2.45, 2.75) is 12.5 Å². The fourth-order valence-corrected chi connectivity index (χ4v) is 3.21. The Balaban J connectivity index is 1.81. The van der Waals surface area contributed by atoms with E-state index >= 15 is 0 Å². The van der Waals surface area contributed by atoms with Gasteiger partial charge in [-0.2, -0.15) is 5.10 Å². The van der Waals surface area contributed by atoms with Gasteiger partial charge < -0.3 is 4.74 Å². The summed E-state index contributed by atoms with van der Waals surface area (Å²) in [6.07, 6.45) is 0.962. The highest BCUT2D eigenvalue weighted by atomic mass is 32.1. The van der Waals surface area contributed by atoms with Gasteiger partial charge in [0.25, 0.3) is 0 Å². The maximum Gasteiger partial charge on any atom is 0.118 e. The Hall–Kier alpha value is -1.81. The van der Waals surface area contributed by atoms with Gasteiger partial charge in [0.15, 0.2) is 0 Å². The Morgan fingerprint density at radius 2 is 2.05 bits per heavy atom. The fraction of sp³-hybridized carbons (Fsp3) is 0.267. The Morgan fingerprint density at radius 1 is 1.26 bits per heavy atom. The molecule has 0 spiro atoms. The fourth-order valence-electron chi connectivity index (χ4n) is 2.34. The Labute approximate surface area is 117 Å². The molecule has 0 radical (unpaired) electrons. The summed E-state index contributed by atoms with van der Waals surface area (Å²) < 4.78 is 5.18. The monoisotopic (exact) mass is 272 g/mol. The lowest BCUT2D eigenvalue weighted by molar-refractivity contribution is 0.294. The molecule has 0 bridgehead atoms. The average molecular weight is 272 g/mol. The zero-order valence-corrected chi connectivity index (χ0v) is 11.9. The minimum absolute atomic E-state index is 0.372. The van der Waals surface area contributed by atoms with Gasteiger partial charge in [-0.3, -0.25) is 5.01 Å². The van der Waals surface area contributed by atoms with Gasteiger partial charge in [0.1, 0.15) is 5.75 Å². The minimum atomic E-state index is 0.372. The Kier molecular flexibility index (Phi) is 3.25. The third-order valence-electron chi connectivity index (χ3n) is 3.41. The lowest BCUT2D eigenvalue weighted by Gasteiger charge is -2.16. The number of hydrogen-bond donors (Lipinski definition) is 0. The molecule has 98 valence electrons. The van der Waals surface area contributed by atoms with Crippen molar-refractivity contribution in [2.24, 2.45) is 5.10 Å². The van der Waals surface area contributed by atoms with E-state index in [1.54, 1.807) is 18.4 Å². The first kappa shape index (κ1) is 12.2. The van der Waals surface area contributed by atoms with Gasteiger partial charge in [-0.15, -0.1) is 11.3 Å². The largest absolute Gasteiger partial charge is 0.497 e. The van der Waals surface area contributed by atoms with Crippen LogP contribution >= 0.6 is 11.3 Å². The highest BCUT2D eigenvalue weighted by molar-refractivity contribution is 7.10. The van der Waals surface area contributed by atoms with Crippen LogP contribution in [-0.2, 0) is 0 Å². The molecule has 0 saturated heterocycles. The van der Waals surface area contributed by atoms with Crippen LogP contribution in [0.1, 0.15) is 22.9 Å². The second-order valence-corrected chi connectivity index (χ2v) is 5.56. The van der Waals surface area contributed by atoms with Gasteiger partial charge in [-0.25, -0.2) is 0 Å². The first-order valence-corrected chi connectivity index (χ1v) is 7.14. The van der Waals surface area contributed by atoms with Crippen LogP contribution in [0.4, 0.5) is 0 Å². The summed E-state index contributed by atoms with van der Waals surface area (Å²) in [6.45, 7) is 0. The van der Waals surface area contributed by atoms with E-state index in [2.05, 4.69) is 39.8 Å². The van der Waals surface area contributed by atoms with E-state index in [0.717, 1.165) is 17.9 Å². The standard InChI is InChI=1S/C15H16N2OS/c1-17-14(15-4-3-9-19-15)10-13(16-17)11-5-7-12(18-2)8-6-11/h3-9,14H,10H2,1-2H3. The molecule has 0 saturated carbocycles. The van der Waals surface area contributed by atoms with Crippen molar-refractivity contribution in [3.63, 3.8) is 0 Å². The summed E-state index contributed by atoms with van der Waals surface area (Å²) in [7, 11) is 3.73. The molecule has 1 aromatic carbocycles. The van der Waals surface area contributed by atoms with Crippen LogP contribution in [0.15, 0.2) is 46.9 Å². The third-order valence-corrected chi connectivity index (χ3v) is 4.38. The summed E-state index contributed by atoms with van der Waals surface area (Å²) in [5.74, 6) is 0.880. The predicted octanol–water partition coefficient (Wildman–Crippen LogP) is 3.54. The minimum Gasteiger partial charge on any atom is -0.497 e. The summed E-state index contributed by atoms with van der Waals surface area (Å²) in [5.41, 5.74) is 2.32. The molecule has 2 heterocycles. The molecular formula is C15H16N2OS. The SMILES string of the molecule is COc1ccc(C2=NN(C)C(c3cccs3)C2)cc1. The van der Waals surface area contributed by atoms with Crippen LogP contribution in [-0.4, -0.2) is 24.9 Å². The Bertz CT molecular complexity index is 575. The van der Waals surface area contributed by atoms with E-state index in [1.165, 1.54) is 10.4 Å². The van der Waals surface area contributed by atoms with Crippen molar-refractivity contribution in [3.05, 3.63) is 52.2 Å². The summed E-state index contributed by atoms with van der Waals surface area (Å²) in [4.78, 5) is 1.37. The normalized spacial score (nSPS) is 18.5. The molecule has 1 aliphatic rings. The molecule has 19 heavy (non-hydrogen) atoms. The quantitative estimate of drug-likeness (QED) is 0.853. The third kappa shape index (κ3) is 2.36. The molecule has 1 aliphatic heterocycles. The first-order chi connectivity index (χ1) is 9.28. The lowest BCUT2D eigenvalue weighted by Crippen LogP contribution is -2.12. The second-order valence-electron chi connectivity index (χ2n) is 4.58. The lowest BCUT2D eigenvalue weighted by atomic mass is 10.0. The predicted molar refractivity (Wildman–Crippen MR) is 79.0 cm³/mol. The summed E-state index contributed by atoms with van der Waals surface area (Å²) >= 11 is 1.79. The van der Waals surface area contributed by atoms with Gasteiger partial charge in [-0.1, -0.05) is 6.07 Å². The zero-order chi connectivity index (χ0) is 13.2. The molecule has 0 aliphatic carbocycles. The van der Waals surface area contributed by atoms with Gasteiger partial charge in [0.05, 0.1) is 18.9 Å². The van der Waals surface area contributed by atoms with Crippen LogP contribution < -0.4 is 4.74 Å². The molecule has 3 nitrogen and oxygen atoms in total. The van der Waals surface area contributed by atoms with Crippen LogP contribution in [0.2, 0.25) is 0 Å². The topological polar surface area (TPSA) is 24.8 Å². The summed E-state index contributed by atoms with van der Waals surface area (Å²) in [6, 6.07) is 12.8. The van der Waals surface area contributed by atoms with E-state index in [-0.39, 0.29) is 0 Å². The highest BCUT2D eigenvalue weighted by Gasteiger charge is 2.26. The number of hydrogen-bond acceptors (Lipinski definition) is 4. The van der Waals surface area contributed by atoms with Crippen molar-refractivity contribution in [1.82, 2.24) is 5.01 Å². The highest BCUT2D eigenvalue weighted by Crippen LogP contribution is 2.33. The molecule has 3 rings (SSSR count). The van der Waals surface area contributed by atoms with Crippen molar-refractivity contribution in [1.29, 1.82) is 0 Å². The van der Waals surface area contributed by atoms with Crippen LogP contribution in [0.5, 0.6) is 5.75 Å². The smallest absolute Gasteiger partial charge is 0.118 e. The number of benzene rings is 1. The zero-order valence-electron chi connectivity index (χ0n) is 11.0. The van der Waals surface area contributed by atoms with E-state index in [4.69, 9.17) is 4.74 Å². The molecule has 0 N–H and O–H groups in total. The van der Waals surface area contributed by atoms with Crippen molar-refractivity contribution < 1.29 is 4.74 Å². The van der Waals surface area contributed by atoms with Crippen LogP contribution in [0, 0.1) is 0 Å². The number of ether oxygens (including phenoxy) is 1. The molecule has 1 aromatic heterocycles. The average Bonchev–Trinajstić information content (AvgIpc) is 3.08. The number of thiophene rings is 1. The van der Waals surface area contributed by atoms with E-state index in [1.807, 2.05) is 19.2 Å². The van der Waals surface area contributed by atoms with Crippen LogP contribution in [0.25, 0.3) is 0 Å². The Morgan fingerprint density at radius 3 is 2.68 bits per heavy atom. The molecule has 0 amide bonds. The van der Waals surface area contributed by atoms with Gasteiger partial charge >= 0.3 is 0 Å². The molecule has 1 unspecified atom stereocenters. The summed E-state index contributed by atoms with van der Waals surface area (Å²) in [5, 5.41) is 8.85. The maximum atomic E-state index is 5.18. The maximum absolute atomic E-state index is 5.18. The molecule has 2 aromatic rings. The van der Waals surface area contributed by atoms with Crippen molar-refractivity contribution in [3.8, 4) is 5.75 Å². The molecule has 0 fully saturated rings. The van der Waals surface area contributed by atoms with Gasteiger partial charge in [0.2, 0.25) is 0 Å². The van der Waals surface area contributed by atoms with Crippen LogP contribution in [0.3, 0.4) is 0 Å². The second kappa shape index (κ2) is 5.05. The molecule has 1 atom stereocenters. The van der Waals surface area contributed by atoms with E-state index in [0.29, 0.717) is 6.04 Å². The van der Waals surface area contributed by atoms with E-state index in [9.17, 15) is 0 Å². The molecular weight excluding hydrogens is 256 g/mol. The number of methoxy groups -OCH3 is 1. The van der Waals surface area contributed by atoms with Gasteiger partial charge in [-0.05, 0) is 41.3 Å².